The molecule has 2 aromatic rings. The van der Waals surface area contributed by atoms with Crippen molar-refractivity contribution in [3.05, 3.63) is 41.5 Å². The Morgan fingerprint density at radius 1 is 1.19 bits per heavy atom. The third kappa shape index (κ3) is 3.45. The van der Waals surface area contributed by atoms with Crippen molar-refractivity contribution in [2.24, 2.45) is 11.8 Å². The second kappa shape index (κ2) is 7.55. The Bertz CT molecular complexity index is 1130. The minimum Gasteiger partial charge on any atom is -0.313 e. The Hall–Kier alpha value is -3.55. The standard InChI is InChI=1S/C21H19F3N6O2/c22-14-4-13(5-15(23)20(14)24)27-21(32)29-9-18-16(28-8-11(6-25)3-19(28)31)7-26-30(18)10-17(29)12-1-2-12/h4-5,7,11-12,17H,1-3,8-10H2,(H,27,32). The van der Waals surface area contributed by atoms with Crippen molar-refractivity contribution in [3.8, 4) is 6.07 Å². The number of urea groups is 1. The highest BCUT2D eigenvalue weighted by Gasteiger charge is 2.43. The molecule has 11 heteroatoms. The van der Waals surface area contributed by atoms with Crippen LogP contribution in [0.3, 0.4) is 0 Å². The maximum atomic E-state index is 13.6. The lowest BCUT2D eigenvalue weighted by atomic mass is 10.1. The number of fused-ring (bicyclic) bond motifs is 1. The number of amides is 3. The van der Waals surface area contributed by atoms with Crippen molar-refractivity contribution < 1.29 is 22.8 Å². The zero-order valence-electron chi connectivity index (χ0n) is 16.9. The van der Waals surface area contributed by atoms with Gasteiger partial charge in [-0.25, -0.2) is 18.0 Å². The maximum Gasteiger partial charge on any atom is 0.322 e. The van der Waals surface area contributed by atoms with Gasteiger partial charge in [0.25, 0.3) is 0 Å². The first kappa shape index (κ1) is 20.4. The monoisotopic (exact) mass is 444 g/mol. The van der Waals surface area contributed by atoms with Crippen LogP contribution in [-0.4, -0.2) is 39.2 Å². The summed E-state index contributed by atoms with van der Waals surface area (Å²) in [6.45, 7) is 0.819. The van der Waals surface area contributed by atoms with Crippen molar-refractivity contribution in [1.82, 2.24) is 14.7 Å². The molecular weight excluding hydrogens is 425 g/mol. The minimum absolute atomic E-state index is 0.134. The Morgan fingerprint density at radius 3 is 2.53 bits per heavy atom. The van der Waals surface area contributed by atoms with Gasteiger partial charge >= 0.3 is 6.03 Å². The second-order valence-electron chi connectivity index (χ2n) is 8.41. The van der Waals surface area contributed by atoms with Gasteiger partial charge in [0.2, 0.25) is 5.91 Å². The van der Waals surface area contributed by atoms with E-state index >= 15 is 0 Å². The molecule has 1 saturated heterocycles. The molecule has 3 heterocycles. The van der Waals surface area contributed by atoms with Gasteiger partial charge in [-0.05, 0) is 18.8 Å². The molecule has 32 heavy (non-hydrogen) atoms. The molecule has 1 aromatic carbocycles. The highest BCUT2D eigenvalue weighted by atomic mass is 19.2. The molecule has 1 aromatic heterocycles. The van der Waals surface area contributed by atoms with E-state index in [1.807, 2.05) is 0 Å². The van der Waals surface area contributed by atoms with Gasteiger partial charge in [0, 0.05) is 30.8 Å². The highest BCUT2D eigenvalue weighted by Crippen LogP contribution is 2.40. The fraction of sp³-hybridized carbons (Fsp3) is 0.429. The van der Waals surface area contributed by atoms with Gasteiger partial charge in [-0.3, -0.25) is 9.48 Å². The van der Waals surface area contributed by atoms with E-state index in [1.54, 1.807) is 15.8 Å². The molecular formula is C21H19F3N6O2. The van der Waals surface area contributed by atoms with Gasteiger partial charge in [0.1, 0.15) is 0 Å². The highest BCUT2D eigenvalue weighted by molar-refractivity contribution is 5.96. The molecule has 3 amide bonds. The number of nitrogens with one attached hydrogen (secondary N) is 1. The Kier molecular flexibility index (Phi) is 4.80. The lowest BCUT2D eigenvalue weighted by Gasteiger charge is -2.37. The summed E-state index contributed by atoms with van der Waals surface area (Å²) in [4.78, 5) is 28.6. The van der Waals surface area contributed by atoms with E-state index in [0.29, 0.717) is 17.9 Å². The van der Waals surface area contributed by atoms with E-state index in [1.165, 1.54) is 4.90 Å². The van der Waals surface area contributed by atoms with Gasteiger partial charge in [-0.1, -0.05) is 0 Å². The van der Waals surface area contributed by atoms with E-state index in [4.69, 9.17) is 5.26 Å². The van der Waals surface area contributed by atoms with Crippen molar-refractivity contribution in [3.63, 3.8) is 0 Å². The summed E-state index contributed by atoms with van der Waals surface area (Å²) in [5.74, 6) is -4.68. The van der Waals surface area contributed by atoms with Crippen LogP contribution >= 0.6 is 0 Å². The number of rotatable bonds is 3. The van der Waals surface area contributed by atoms with Crippen LogP contribution in [-0.2, 0) is 17.9 Å². The molecule has 2 unspecified atom stereocenters. The minimum atomic E-state index is -1.60. The number of halogens is 3. The third-order valence-corrected chi connectivity index (χ3v) is 6.27. The summed E-state index contributed by atoms with van der Waals surface area (Å²) in [7, 11) is 0. The predicted octanol–water partition coefficient (Wildman–Crippen LogP) is 3.00. The van der Waals surface area contributed by atoms with Crippen LogP contribution in [0.15, 0.2) is 18.3 Å². The molecule has 1 N–H and O–H groups in total. The predicted molar refractivity (Wildman–Crippen MR) is 106 cm³/mol. The molecule has 0 radical (unpaired) electrons. The molecule has 5 rings (SSSR count). The Balaban J connectivity index is 1.42. The number of nitrogens with zero attached hydrogens (tertiary/aromatic N) is 5. The number of anilines is 2. The van der Waals surface area contributed by atoms with Crippen LogP contribution in [0.1, 0.15) is 25.0 Å². The fourth-order valence-corrected chi connectivity index (χ4v) is 4.46. The van der Waals surface area contributed by atoms with E-state index in [-0.39, 0.29) is 43.1 Å². The van der Waals surface area contributed by atoms with Crippen molar-refractivity contribution in [2.45, 2.75) is 38.4 Å². The average molecular weight is 444 g/mol. The van der Waals surface area contributed by atoms with Crippen molar-refractivity contribution >= 4 is 23.3 Å². The molecule has 2 atom stereocenters. The van der Waals surface area contributed by atoms with Crippen LogP contribution in [0.4, 0.5) is 29.3 Å². The number of nitriles is 1. The molecule has 1 saturated carbocycles. The average Bonchev–Trinajstić information content (AvgIpc) is 3.43. The summed E-state index contributed by atoms with van der Waals surface area (Å²) in [6, 6.07) is 2.82. The van der Waals surface area contributed by atoms with Gasteiger partial charge in [0.05, 0.1) is 48.7 Å². The lowest BCUT2D eigenvalue weighted by Crippen LogP contribution is -2.49. The first-order chi connectivity index (χ1) is 15.4. The van der Waals surface area contributed by atoms with E-state index < -0.39 is 29.4 Å². The van der Waals surface area contributed by atoms with Crippen LogP contribution in [0.25, 0.3) is 0 Å². The molecule has 8 nitrogen and oxygen atoms in total. The summed E-state index contributed by atoms with van der Waals surface area (Å²) in [5.41, 5.74) is 1.02. The molecule has 2 fully saturated rings. The van der Waals surface area contributed by atoms with Crippen LogP contribution in [0.5, 0.6) is 0 Å². The summed E-state index contributed by atoms with van der Waals surface area (Å²) in [5, 5.41) is 16.0. The largest absolute Gasteiger partial charge is 0.322 e. The Labute approximate surface area is 181 Å². The summed E-state index contributed by atoms with van der Waals surface area (Å²) < 4.78 is 42.2. The van der Waals surface area contributed by atoms with Crippen molar-refractivity contribution in [2.75, 3.05) is 16.8 Å². The van der Waals surface area contributed by atoms with Gasteiger partial charge in [-0.15, -0.1) is 0 Å². The van der Waals surface area contributed by atoms with E-state index in [2.05, 4.69) is 16.5 Å². The number of benzene rings is 1. The van der Waals surface area contributed by atoms with Crippen LogP contribution in [0.2, 0.25) is 0 Å². The van der Waals surface area contributed by atoms with Crippen LogP contribution in [0, 0.1) is 40.6 Å². The quantitative estimate of drug-likeness (QED) is 0.737. The van der Waals surface area contributed by atoms with Gasteiger partial charge < -0.3 is 15.1 Å². The molecule has 166 valence electrons. The van der Waals surface area contributed by atoms with E-state index in [0.717, 1.165) is 25.0 Å². The first-order valence-corrected chi connectivity index (χ1v) is 10.3. The van der Waals surface area contributed by atoms with Gasteiger partial charge in [-0.2, -0.15) is 10.4 Å². The summed E-state index contributed by atoms with van der Waals surface area (Å²) >= 11 is 0. The molecule has 0 bridgehead atoms. The maximum absolute atomic E-state index is 13.6. The van der Waals surface area contributed by atoms with Crippen molar-refractivity contribution in [1.29, 1.82) is 5.26 Å². The zero-order valence-corrected chi connectivity index (χ0v) is 16.9. The topological polar surface area (TPSA) is 94.3 Å². The van der Waals surface area contributed by atoms with E-state index in [9.17, 15) is 22.8 Å². The third-order valence-electron chi connectivity index (χ3n) is 6.27. The SMILES string of the molecule is N#CC1CC(=O)N(c2cnn3c2CN(C(=O)Nc2cc(F)c(F)c(F)c2)C(C2CC2)C3)C1. The zero-order chi connectivity index (χ0) is 22.6. The molecule has 1 aliphatic carbocycles. The van der Waals surface area contributed by atoms with Gasteiger partial charge in [0.15, 0.2) is 17.5 Å². The smallest absolute Gasteiger partial charge is 0.313 e. The lowest BCUT2D eigenvalue weighted by molar-refractivity contribution is -0.117. The number of carbonyl (C=O) groups excluding carboxylic acids is 2. The molecule has 3 aliphatic rings. The number of aromatic nitrogens is 2. The number of hydrogen-bond acceptors (Lipinski definition) is 4. The second-order valence-corrected chi connectivity index (χ2v) is 8.41. The molecule has 0 spiro atoms. The number of hydrogen-bond donors (Lipinski definition) is 1. The molecule has 2 aliphatic heterocycles. The first-order valence-electron chi connectivity index (χ1n) is 10.3. The van der Waals surface area contributed by atoms with Crippen LogP contribution < -0.4 is 10.2 Å². The normalized spacial score (nSPS) is 22.6. The fourth-order valence-electron chi connectivity index (χ4n) is 4.46. The number of carbonyl (C=O) groups is 2. The summed E-state index contributed by atoms with van der Waals surface area (Å²) in [6.07, 6.45) is 3.61. The Morgan fingerprint density at radius 2 is 1.91 bits per heavy atom.